The maximum atomic E-state index is 5.35. The number of nitrogens with zero attached hydrogens (tertiary/aromatic N) is 1. The Balaban J connectivity index is 0.00000324. The number of aliphatic imine (C=N–C) groups is 1. The summed E-state index contributed by atoms with van der Waals surface area (Å²) < 4.78 is 6.49. The van der Waals surface area contributed by atoms with Gasteiger partial charge in [0.15, 0.2) is 5.96 Å². The Kier molecular flexibility index (Phi) is 9.21. The van der Waals surface area contributed by atoms with Crippen molar-refractivity contribution >= 4 is 57.2 Å². The van der Waals surface area contributed by atoms with Gasteiger partial charge in [0.1, 0.15) is 0 Å². The van der Waals surface area contributed by atoms with Gasteiger partial charge in [-0.05, 0) is 41.9 Å². The van der Waals surface area contributed by atoms with Crippen LogP contribution < -0.4 is 10.6 Å². The van der Waals surface area contributed by atoms with Gasteiger partial charge in [-0.3, -0.25) is 4.99 Å². The molecular formula is C12H21BrIN3OS. The summed E-state index contributed by atoms with van der Waals surface area (Å²) in [6, 6.07) is 4.14. The lowest BCUT2D eigenvalue weighted by Gasteiger charge is -2.24. The number of thiophene rings is 1. The molecular weight excluding hydrogens is 441 g/mol. The van der Waals surface area contributed by atoms with Crippen molar-refractivity contribution in [1.82, 2.24) is 10.6 Å². The summed E-state index contributed by atoms with van der Waals surface area (Å²) in [6.07, 6.45) is 0. The predicted molar refractivity (Wildman–Crippen MR) is 96.7 cm³/mol. The third-order valence-electron chi connectivity index (χ3n) is 2.52. The Morgan fingerprint density at radius 3 is 2.58 bits per heavy atom. The molecule has 1 rings (SSSR count). The van der Waals surface area contributed by atoms with Crippen molar-refractivity contribution in [1.29, 1.82) is 0 Å². The van der Waals surface area contributed by atoms with Crippen LogP contribution in [0.3, 0.4) is 0 Å². The fraction of sp³-hybridized carbons (Fsp3) is 0.583. The highest BCUT2D eigenvalue weighted by Gasteiger charge is 2.16. The number of hydrogen-bond donors (Lipinski definition) is 2. The lowest BCUT2D eigenvalue weighted by atomic mass is 10.1. The number of ether oxygens (including phenoxy) is 1. The lowest BCUT2D eigenvalue weighted by molar-refractivity contribution is 0.0268. The van der Waals surface area contributed by atoms with Gasteiger partial charge in [0.2, 0.25) is 0 Å². The molecule has 0 aliphatic heterocycles. The van der Waals surface area contributed by atoms with Crippen LogP contribution >= 0.6 is 51.2 Å². The fourth-order valence-corrected chi connectivity index (χ4v) is 2.63. The van der Waals surface area contributed by atoms with Crippen LogP contribution in [0.25, 0.3) is 0 Å². The van der Waals surface area contributed by atoms with Crippen molar-refractivity contribution < 1.29 is 4.74 Å². The standard InChI is InChI=1S/C12H20BrN3OS.HI/c1-12(2,17-4)8-16-11(14-3)15-7-9-5-6-10(13)18-9;/h5-6H,7-8H2,1-4H3,(H2,14,15,16);1H. The van der Waals surface area contributed by atoms with Crippen LogP contribution in [0.15, 0.2) is 20.9 Å². The van der Waals surface area contributed by atoms with Gasteiger partial charge >= 0.3 is 0 Å². The first kappa shape index (κ1) is 19.1. The molecule has 0 unspecified atom stereocenters. The number of nitrogens with one attached hydrogen (secondary N) is 2. The van der Waals surface area contributed by atoms with E-state index in [0.717, 1.165) is 16.3 Å². The monoisotopic (exact) mass is 461 g/mol. The van der Waals surface area contributed by atoms with Gasteiger partial charge < -0.3 is 15.4 Å². The number of rotatable bonds is 5. The van der Waals surface area contributed by atoms with E-state index in [1.165, 1.54) is 4.88 Å². The summed E-state index contributed by atoms with van der Waals surface area (Å²) in [5.74, 6) is 0.782. The largest absolute Gasteiger partial charge is 0.377 e. The number of guanidine groups is 1. The Bertz CT molecular complexity index is 409. The Morgan fingerprint density at radius 2 is 2.11 bits per heavy atom. The molecule has 7 heteroatoms. The van der Waals surface area contributed by atoms with E-state index in [0.29, 0.717) is 6.54 Å². The molecule has 4 nitrogen and oxygen atoms in total. The Hall–Kier alpha value is 0.140. The van der Waals surface area contributed by atoms with E-state index in [4.69, 9.17) is 4.74 Å². The highest BCUT2D eigenvalue weighted by Crippen LogP contribution is 2.21. The van der Waals surface area contributed by atoms with Gasteiger partial charge in [-0.25, -0.2) is 0 Å². The summed E-state index contributed by atoms with van der Waals surface area (Å²) in [4.78, 5) is 5.44. The van der Waals surface area contributed by atoms with Gasteiger partial charge in [0, 0.05) is 25.6 Å². The van der Waals surface area contributed by atoms with Gasteiger partial charge in [-0.1, -0.05) is 0 Å². The topological polar surface area (TPSA) is 45.7 Å². The minimum absolute atomic E-state index is 0. The molecule has 0 bridgehead atoms. The van der Waals surface area contributed by atoms with Crippen molar-refractivity contribution in [3.63, 3.8) is 0 Å². The average molecular weight is 462 g/mol. The van der Waals surface area contributed by atoms with Crippen LogP contribution in [0.2, 0.25) is 0 Å². The first-order valence-electron chi connectivity index (χ1n) is 5.71. The molecule has 0 atom stereocenters. The lowest BCUT2D eigenvalue weighted by Crippen LogP contribution is -2.44. The minimum Gasteiger partial charge on any atom is -0.377 e. The van der Waals surface area contributed by atoms with E-state index in [1.807, 2.05) is 19.9 Å². The quantitative estimate of drug-likeness (QED) is 0.402. The molecule has 0 saturated heterocycles. The third-order valence-corrected chi connectivity index (χ3v) is 4.14. The normalized spacial score (nSPS) is 11.9. The molecule has 0 aliphatic carbocycles. The molecule has 1 aromatic rings. The van der Waals surface area contributed by atoms with Crippen molar-refractivity contribution in [3.05, 3.63) is 20.8 Å². The van der Waals surface area contributed by atoms with Gasteiger partial charge in [-0.2, -0.15) is 0 Å². The van der Waals surface area contributed by atoms with Gasteiger partial charge in [0.25, 0.3) is 0 Å². The summed E-state index contributed by atoms with van der Waals surface area (Å²) in [6.45, 7) is 5.54. The molecule has 0 aliphatic rings. The van der Waals surface area contributed by atoms with E-state index in [1.54, 1.807) is 25.5 Å². The Morgan fingerprint density at radius 1 is 1.42 bits per heavy atom. The molecule has 0 aromatic carbocycles. The third kappa shape index (κ3) is 7.48. The molecule has 0 spiro atoms. The molecule has 1 heterocycles. The van der Waals surface area contributed by atoms with Crippen LogP contribution in [0, 0.1) is 0 Å². The van der Waals surface area contributed by atoms with Crippen LogP contribution in [0.1, 0.15) is 18.7 Å². The van der Waals surface area contributed by atoms with Gasteiger partial charge in [0.05, 0.1) is 15.9 Å². The van der Waals surface area contributed by atoms with Crippen molar-refractivity contribution in [2.75, 3.05) is 20.7 Å². The molecule has 0 fully saturated rings. The smallest absolute Gasteiger partial charge is 0.191 e. The molecule has 1 aromatic heterocycles. The van der Waals surface area contributed by atoms with Gasteiger partial charge in [-0.15, -0.1) is 35.3 Å². The SMILES string of the molecule is CN=C(NCc1ccc(Br)s1)NCC(C)(C)OC.I. The van der Waals surface area contributed by atoms with Crippen LogP contribution in [-0.4, -0.2) is 32.3 Å². The molecule has 2 N–H and O–H groups in total. The van der Waals surface area contributed by atoms with E-state index in [9.17, 15) is 0 Å². The summed E-state index contributed by atoms with van der Waals surface area (Å²) in [7, 11) is 3.47. The second-order valence-electron chi connectivity index (χ2n) is 4.45. The predicted octanol–water partition coefficient (Wildman–Crippen LogP) is 3.22. The zero-order valence-electron chi connectivity index (χ0n) is 11.6. The first-order chi connectivity index (χ1) is 8.46. The van der Waals surface area contributed by atoms with Crippen LogP contribution in [0.4, 0.5) is 0 Å². The molecule has 0 radical (unpaired) electrons. The Labute approximate surface area is 144 Å². The van der Waals surface area contributed by atoms with Crippen molar-refractivity contribution in [2.45, 2.75) is 26.0 Å². The zero-order chi connectivity index (χ0) is 13.6. The molecule has 0 saturated carbocycles. The van der Waals surface area contributed by atoms with E-state index < -0.39 is 0 Å². The molecule has 19 heavy (non-hydrogen) atoms. The van der Waals surface area contributed by atoms with Crippen LogP contribution in [0.5, 0.6) is 0 Å². The molecule has 110 valence electrons. The first-order valence-corrected chi connectivity index (χ1v) is 7.31. The van der Waals surface area contributed by atoms with Crippen LogP contribution in [-0.2, 0) is 11.3 Å². The summed E-state index contributed by atoms with van der Waals surface area (Å²) in [5.41, 5.74) is -0.205. The molecule has 0 amide bonds. The summed E-state index contributed by atoms with van der Waals surface area (Å²) >= 11 is 5.17. The number of hydrogen-bond acceptors (Lipinski definition) is 3. The highest BCUT2D eigenvalue weighted by molar-refractivity contribution is 14.0. The second-order valence-corrected chi connectivity index (χ2v) is 7.00. The maximum absolute atomic E-state index is 5.35. The number of methoxy groups -OCH3 is 1. The maximum Gasteiger partial charge on any atom is 0.191 e. The second kappa shape index (κ2) is 9.15. The van der Waals surface area contributed by atoms with E-state index >= 15 is 0 Å². The minimum atomic E-state index is -0.205. The van der Waals surface area contributed by atoms with E-state index in [-0.39, 0.29) is 29.6 Å². The van der Waals surface area contributed by atoms with E-state index in [2.05, 4.69) is 37.6 Å². The zero-order valence-corrected chi connectivity index (χ0v) is 16.4. The van der Waals surface area contributed by atoms with Crippen molar-refractivity contribution in [3.8, 4) is 0 Å². The highest BCUT2D eigenvalue weighted by atomic mass is 127. The number of halogens is 2. The average Bonchev–Trinajstić information content (AvgIpc) is 2.75. The summed E-state index contributed by atoms with van der Waals surface area (Å²) in [5, 5.41) is 6.51. The van der Waals surface area contributed by atoms with Crippen molar-refractivity contribution in [2.24, 2.45) is 4.99 Å². The fourth-order valence-electron chi connectivity index (χ4n) is 1.21.